The molecule has 1 aromatic carbocycles. The van der Waals surface area contributed by atoms with Crippen LogP contribution in [0.1, 0.15) is 55.3 Å². The molecule has 1 fully saturated rings. The molecule has 8 heteroatoms. The van der Waals surface area contributed by atoms with Gasteiger partial charge >= 0.3 is 0 Å². The molecule has 2 aromatic heterocycles. The van der Waals surface area contributed by atoms with Crippen LogP contribution in [0, 0.1) is 6.92 Å². The summed E-state index contributed by atoms with van der Waals surface area (Å²) in [6.45, 7) is 6.70. The maximum absolute atomic E-state index is 11.7. The van der Waals surface area contributed by atoms with E-state index < -0.39 is 5.60 Å². The van der Waals surface area contributed by atoms with Gasteiger partial charge in [-0.15, -0.1) is 11.3 Å². The first-order valence-corrected chi connectivity index (χ1v) is 11.3. The maximum Gasteiger partial charge on any atom is 0.227 e. The van der Waals surface area contributed by atoms with Gasteiger partial charge < -0.3 is 15.7 Å². The molecule has 3 N–H and O–H groups in total. The van der Waals surface area contributed by atoms with Gasteiger partial charge in [0.25, 0.3) is 0 Å². The van der Waals surface area contributed by atoms with Crippen molar-refractivity contribution < 1.29 is 9.90 Å². The van der Waals surface area contributed by atoms with E-state index in [9.17, 15) is 9.90 Å². The molecule has 0 radical (unpaired) electrons. The summed E-state index contributed by atoms with van der Waals surface area (Å²) in [4.78, 5) is 26.1. The minimum atomic E-state index is -1.07. The van der Waals surface area contributed by atoms with Crippen LogP contribution < -0.4 is 10.6 Å². The molecule has 0 spiro atoms. The van der Waals surface area contributed by atoms with Crippen molar-refractivity contribution in [2.24, 2.45) is 0 Å². The zero-order valence-corrected chi connectivity index (χ0v) is 18.8. The standard InChI is InChI=1S/C23H27N5O2S/c1-14(2)18-5-8-25-22(28-18)27-17-11-15(3)10-16(12-17)19-13-26-21(31-19)23(30)6-4-20(29)24-9-7-23/h5,8,10-14,30H,4,6-7,9H2,1-3H3,(H,24,29)(H,25,27,28)/t23-/m1/s1. The van der Waals surface area contributed by atoms with Crippen LogP contribution in [0.3, 0.4) is 0 Å². The molecular formula is C23H27N5O2S. The Balaban J connectivity index is 1.59. The molecule has 4 rings (SSSR count). The van der Waals surface area contributed by atoms with Crippen molar-refractivity contribution in [1.29, 1.82) is 0 Å². The Labute approximate surface area is 186 Å². The summed E-state index contributed by atoms with van der Waals surface area (Å²) < 4.78 is 0. The first-order chi connectivity index (χ1) is 14.8. The van der Waals surface area contributed by atoms with Crippen molar-refractivity contribution in [1.82, 2.24) is 20.3 Å². The number of nitrogens with zero attached hydrogens (tertiary/aromatic N) is 3. The van der Waals surface area contributed by atoms with Crippen molar-refractivity contribution in [3.8, 4) is 10.4 Å². The Morgan fingerprint density at radius 2 is 2.06 bits per heavy atom. The molecular weight excluding hydrogens is 410 g/mol. The van der Waals surface area contributed by atoms with Gasteiger partial charge in [0.05, 0.1) is 4.88 Å². The Kier molecular flexibility index (Phi) is 6.02. The van der Waals surface area contributed by atoms with E-state index in [2.05, 4.69) is 45.5 Å². The average Bonchev–Trinajstić information content (AvgIpc) is 3.17. The molecule has 31 heavy (non-hydrogen) atoms. The second-order valence-electron chi connectivity index (χ2n) is 8.33. The molecule has 7 nitrogen and oxygen atoms in total. The van der Waals surface area contributed by atoms with Crippen molar-refractivity contribution >= 4 is 28.9 Å². The Bertz CT molecular complexity index is 1100. The SMILES string of the molecule is Cc1cc(Nc2nccc(C(C)C)n2)cc(-c2cnc([C@]3(O)CCNC(=O)CC3)s2)c1. The largest absolute Gasteiger partial charge is 0.383 e. The Morgan fingerprint density at radius 1 is 1.23 bits per heavy atom. The van der Waals surface area contributed by atoms with Crippen molar-refractivity contribution in [3.63, 3.8) is 0 Å². The third-order valence-electron chi connectivity index (χ3n) is 5.42. The van der Waals surface area contributed by atoms with E-state index in [0.29, 0.717) is 42.7 Å². The lowest BCUT2D eigenvalue weighted by Crippen LogP contribution is -2.27. The minimum Gasteiger partial charge on any atom is -0.383 e. The third-order valence-corrected chi connectivity index (χ3v) is 6.66. The molecule has 1 aliphatic rings. The van der Waals surface area contributed by atoms with Crippen LogP contribution >= 0.6 is 11.3 Å². The van der Waals surface area contributed by atoms with Crippen LogP contribution in [0.4, 0.5) is 11.6 Å². The first kappa shape index (κ1) is 21.4. The third kappa shape index (κ3) is 4.91. The molecule has 3 aromatic rings. The molecule has 162 valence electrons. The fraction of sp³-hybridized carbons (Fsp3) is 0.391. The van der Waals surface area contributed by atoms with Gasteiger partial charge in [-0.3, -0.25) is 4.79 Å². The van der Waals surface area contributed by atoms with Crippen LogP contribution in [0.15, 0.2) is 36.7 Å². The molecule has 0 bridgehead atoms. The monoisotopic (exact) mass is 437 g/mol. The summed E-state index contributed by atoms with van der Waals surface area (Å²) in [7, 11) is 0. The van der Waals surface area contributed by atoms with Crippen LogP contribution in [-0.2, 0) is 10.4 Å². The van der Waals surface area contributed by atoms with E-state index in [4.69, 9.17) is 0 Å². The summed E-state index contributed by atoms with van der Waals surface area (Å²) in [5.74, 6) is 0.871. The predicted octanol–water partition coefficient (Wildman–Crippen LogP) is 4.26. The predicted molar refractivity (Wildman–Crippen MR) is 122 cm³/mol. The van der Waals surface area contributed by atoms with Gasteiger partial charge in [0.1, 0.15) is 10.6 Å². The van der Waals surface area contributed by atoms with E-state index in [1.165, 1.54) is 11.3 Å². The van der Waals surface area contributed by atoms with Crippen LogP contribution in [-0.4, -0.2) is 32.5 Å². The summed E-state index contributed by atoms with van der Waals surface area (Å²) in [6, 6.07) is 8.11. The molecule has 0 aliphatic carbocycles. The minimum absolute atomic E-state index is 0.0224. The summed E-state index contributed by atoms with van der Waals surface area (Å²) in [6.07, 6.45) is 4.72. The molecule has 1 saturated heterocycles. The fourth-order valence-electron chi connectivity index (χ4n) is 3.66. The topological polar surface area (TPSA) is 100 Å². The van der Waals surface area contributed by atoms with Crippen molar-refractivity contribution in [2.45, 2.75) is 51.6 Å². The lowest BCUT2D eigenvalue weighted by Gasteiger charge is -2.22. The molecule has 0 saturated carbocycles. The highest BCUT2D eigenvalue weighted by Crippen LogP contribution is 2.38. The van der Waals surface area contributed by atoms with Gasteiger partial charge in [-0.1, -0.05) is 19.9 Å². The molecule has 1 atom stereocenters. The number of aromatic nitrogens is 3. The van der Waals surface area contributed by atoms with Crippen LogP contribution in [0.5, 0.6) is 0 Å². The summed E-state index contributed by atoms with van der Waals surface area (Å²) >= 11 is 1.47. The molecule has 1 aliphatic heterocycles. The van der Waals surface area contributed by atoms with Gasteiger partial charge in [-0.2, -0.15) is 0 Å². The average molecular weight is 438 g/mol. The van der Waals surface area contributed by atoms with Gasteiger partial charge in [0, 0.05) is 43.2 Å². The van der Waals surface area contributed by atoms with E-state index >= 15 is 0 Å². The number of rotatable bonds is 5. The second-order valence-corrected chi connectivity index (χ2v) is 9.36. The van der Waals surface area contributed by atoms with E-state index in [1.807, 2.05) is 25.1 Å². The van der Waals surface area contributed by atoms with Gasteiger partial charge in [-0.25, -0.2) is 15.0 Å². The highest BCUT2D eigenvalue weighted by Gasteiger charge is 2.35. The lowest BCUT2D eigenvalue weighted by atomic mass is 9.96. The fourth-order valence-corrected chi connectivity index (χ4v) is 4.71. The van der Waals surface area contributed by atoms with Crippen molar-refractivity contribution in [3.05, 3.63) is 52.9 Å². The number of aliphatic hydroxyl groups is 1. The molecule has 0 unspecified atom stereocenters. The quantitative estimate of drug-likeness (QED) is 0.551. The smallest absolute Gasteiger partial charge is 0.227 e. The van der Waals surface area contributed by atoms with Gasteiger partial charge in [0.2, 0.25) is 11.9 Å². The number of benzene rings is 1. The summed E-state index contributed by atoms with van der Waals surface area (Å²) in [5.41, 5.74) is 2.92. The van der Waals surface area contributed by atoms with Gasteiger partial charge in [0.15, 0.2) is 0 Å². The van der Waals surface area contributed by atoms with E-state index in [0.717, 1.165) is 27.4 Å². The zero-order chi connectivity index (χ0) is 22.0. The maximum atomic E-state index is 11.7. The molecule has 1 amide bonds. The van der Waals surface area contributed by atoms with E-state index in [-0.39, 0.29) is 5.91 Å². The number of hydrogen-bond acceptors (Lipinski definition) is 7. The number of amides is 1. The Morgan fingerprint density at radius 3 is 2.87 bits per heavy atom. The number of nitrogens with one attached hydrogen (secondary N) is 2. The normalized spacial score (nSPS) is 19.2. The highest BCUT2D eigenvalue weighted by atomic mass is 32.1. The van der Waals surface area contributed by atoms with E-state index in [1.54, 1.807) is 12.4 Å². The zero-order valence-electron chi connectivity index (χ0n) is 18.0. The lowest BCUT2D eigenvalue weighted by molar-refractivity contribution is -0.121. The number of anilines is 2. The first-order valence-electron chi connectivity index (χ1n) is 10.5. The number of carbonyl (C=O) groups is 1. The number of carbonyl (C=O) groups excluding carboxylic acids is 1. The van der Waals surface area contributed by atoms with Crippen LogP contribution in [0.25, 0.3) is 10.4 Å². The van der Waals surface area contributed by atoms with Crippen LogP contribution in [0.2, 0.25) is 0 Å². The number of thiazole rings is 1. The second kappa shape index (κ2) is 8.72. The number of aryl methyl sites for hydroxylation is 1. The highest BCUT2D eigenvalue weighted by molar-refractivity contribution is 7.15. The Hall–Kier alpha value is -2.84. The van der Waals surface area contributed by atoms with Gasteiger partial charge in [-0.05, 0) is 48.6 Å². The van der Waals surface area contributed by atoms with Crippen molar-refractivity contribution in [2.75, 3.05) is 11.9 Å². The molecule has 3 heterocycles. The summed E-state index contributed by atoms with van der Waals surface area (Å²) in [5, 5.41) is 17.9. The number of hydrogen-bond donors (Lipinski definition) is 3.